The molecule has 8 heteroatoms. The first kappa shape index (κ1) is 64.3. The van der Waals surface area contributed by atoms with Crippen LogP contribution in [0.1, 0.15) is 311 Å². The molecule has 402 valence electrons. The Morgan fingerprint density at radius 3 is 1.01 bits per heavy atom. The molecule has 0 unspecified atom stereocenters. The highest BCUT2D eigenvalue weighted by Crippen LogP contribution is 2.26. The second kappa shape index (κ2) is 46.4. The predicted molar refractivity (Wildman–Crippen MR) is 285 cm³/mol. The van der Waals surface area contributed by atoms with Crippen LogP contribution in [0.15, 0.2) is 0 Å². The van der Waals surface area contributed by atoms with Gasteiger partial charge in [-0.05, 0) is 37.0 Å². The molecule has 4 atom stereocenters. The number of unbranched alkanes of at least 4 members (excludes halogenated alkanes) is 33. The molecule has 1 rings (SSSR count). The van der Waals surface area contributed by atoms with E-state index in [0.29, 0.717) is 6.42 Å². The maximum atomic E-state index is 13.2. The molecule has 1 aliphatic rings. The minimum Gasteiger partial charge on any atom is -0.462 e. The van der Waals surface area contributed by atoms with Crippen LogP contribution in [0.4, 0.5) is 0 Å². The van der Waals surface area contributed by atoms with Crippen LogP contribution in [0.25, 0.3) is 0 Å². The number of hydrogen-bond acceptors (Lipinski definition) is 8. The summed E-state index contributed by atoms with van der Waals surface area (Å²) in [4.78, 5) is 39.2. The van der Waals surface area contributed by atoms with Gasteiger partial charge in [-0.1, -0.05) is 273 Å². The molecular weight excluding hydrogens is 849 g/mol. The van der Waals surface area contributed by atoms with Crippen molar-refractivity contribution in [3.05, 3.63) is 0 Å². The Bertz CT molecular complexity index is 1140. The Morgan fingerprint density at radius 2 is 0.691 bits per heavy atom. The fourth-order valence-corrected chi connectivity index (χ4v) is 9.73. The number of ether oxygens (including phenoxy) is 4. The molecule has 0 aromatic rings. The van der Waals surface area contributed by atoms with Crippen molar-refractivity contribution in [1.82, 2.24) is 0 Å². The highest BCUT2D eigenvalue weighted by Gasteiger charge is 2.46. The van der Waals surface area contributed by atoms with Crippen LogP contribution in [-0.2, 0) is 33.3 Å². The zero-order valence-electron chi connectivity index (χ0n) is 46.0. The van der Waals surface area contributed by atoms with E-state index in [1.165, 1.54) is 193 Å². The van der Waals surface area contributed by atoms with Gasteiger partial charge >= 0.3 is 17.9 Å². The molecule has 1 fully saturated rings. The lowest BCUT2D eigenvalue weighted by molar-refractivity contribution is -0.177. The van der Waals surface area contributed by atoms with Gasteiger partial charge in [0.1, 0.15) is 18.8 Å². The average molecular weight is 964 g/mol. The summed E-state index contributed by atoms with van der Waals surface area (Å²) >= 11 is 0. The minimum absolute atomic E-state index is 0.0422. The van der Waals surface area contributed by atoms with Crippen LogP contribution < -0.4 is 0 Å². The molecule has 0 aromatic heterocycles. The Hall–Kier alpha value is -1.67. The lowest BCUT2D eigenvalue weighted by Gasteiger charge is -2.28. The van der Waals surface area contributed by atoms with Gasteiger partial charge in [0.25, 0.3) is 0 Å². The summed E-state index contributed by atoms with van der Waals surface area (Å²) in [5.41, 5.74) is 0. The molecule has 1 saturated heterocycles. The first-order valence-corrected chi connectivity index (χ1v) is 29.8. The Morgan fingerprint density at radius 1 is 0.412 bits per heavy atom. The number of aliphatic hydroxyl groups excluding tert-OH is 1. The summed E-state index contributed by atoms with van der Waals surface area (Å²) in [6, 6.07) is 0. The van der Waals surface area contributed by atoms with E-state index in [9.17, 15) is 19.5 Å². The number of esters is 3. The second-order valence-electron chi connectivity index (χ2n) is 22.6. The molecule has 0 spiro atoms. The molecule has 0 saturated carbocycles. The number of aliphatic hydroxyl groups is 1. The third-order valence-electron chi connectivity index (χ3n) is 14.2. The van der Waals surface area contributed by atoms with Gasteiger partial charge in [0.15, 0.2) is 12.2 Å². The van der Waals surface area contributed by atoms with E-state index in [1.54, 1.807) is 0 Å². The van der Waals surface area contributed by atoms with Crippen molar-refractivity contribution in [2.75, 3.05) is 13.2 Å². The molecule has 0 radical (unpaired) electrons. The summed E-state index contributed by atoms with van der Waals surface area (Å²) in [5, 5.41) is 10.9. The van der Waals surface area contributed by atoms with E-state index >= 15 is 0 Å². The molecule has 0 bridgehead atoms. The summed E-state index contributed by atoms with van der Waals surface area (Å²) < 4.78 is 23.4. The molecule has 0 aliphatic carbocycles. The van der Waals surface area contributed by atoms with Gasteiger partial charge in [-0.3, -0.25) is 14.4 Å². The molecule has 1 N–H and O–H groups in total. The van der Waals surface area contributed by atoms with E-state index in [0.717, 1.165) is 75.5 Å². The van der Waals surface area contributed by atoms with Crippen molar-refractivity contribution in [1.29, 1.82) is 0 Å². The van der Waals surface area contributed by atoms with Gasteiger partial charge in [-0.15, -0.1) is 0 Å². The Balaban J connectivity index is 2.46. The van der Waals surface area contributed by atoms with Crippen molar-refractivity contribution >= 4 is 17.9 Å². The van der Waals surface area contributed by atoms with Gasteiger partial charge in [-0.2, -0.15) is 0 Å². The third-order valence-corrected chi connectivity index (χ3v) is 14.2. The predicted octanol–water partition coefficient (Wildman–Crippen LogP) is 17.5. The van der Waals surface area contributed by atoms with Crippen molar-refractivity contribution < 1.29 is 38.4 Å². The summed E-state index contributed by atoms with van der Waals surface area (Å²) in [6.45, 7) is 13.6. The SMILES string of the molecule is CC(C)CCCCCCCCCCCCCCC(=O)OC[C@@H](OC(=O)CCCCCCCCCCCCCCC(C)C)[C@H]1OC[C@H](O)[C@H]1OC(=O)CCCCCCCCCCCCCCC(C)C. The van der Waals surface area contributed by atoms with E-state index in [2.05, 4.69) is 41.5 Å². The summed E-state index contributed by atoms with van der Waals surface area (Å²) in [7, 11) is 0. The smallest absolute Gasteiger partial charge is 0.306 e. The summed E-state index contributed by atoms with van der Waals surface area (Å²) in [6.07, 6.45) is 44.9. The number of carbonyl (C=O) groups is 3. The number of rotatable bonds is 50. The van der Waals surface area contributed by atoms with E-state index in [-0.39, 0.29) is 44.0 Å². The zero-order chi connectivity index (χ0) is 49.7. The molecule has 68 heavy (non-hydrogen) atoms. The lowest BCUT2D eigenvalue weighted by Crippen LogP contribution is -2.46. The molecule has 0 amide bonds. The topological polar surface area (TPSA) is 108 Å². The molecule has 8 nitrogen and oxygen atoms in total. The van der Waals surface area contributed by atoms with Crippen molar-refractivity contribution in [2.45, 2.75) is 336 Å². The second-order valence-corrected chi connectivity index (χ2v) is 22.6. The van der Waals surface area contributed by atoms with Crippen LogP contribution in [0.5, 0.6) is 0 Å². The monoisotopic (exact) mass is 963 g/mol. The van der Waals surface area contributed by atoms with Crippen LogP contribution in [0, 0.1) is 17.8 Å². The Kier molecular flexibility index (Phi) is 43.9. The van der Waals surface area contributed by atoms with Gasteiger partial charge < -0.3 is 24.1 Å². The van der Waals surface area contributed by atoms with E-state index in [1.807, 2.05) is 0 Å². The van der Waals surface area contributed by atoms with Crippen LogP contribution in [-0.4, -0.2) is 60.6 Å². The molecule has 0 aromatic carbocycles. The van der Waals surface area contributed by atoms with E-state index < -0.39 is 24.4 Å². The fourth-order valence-electron chi connectivity index (χ4n) is 9.73. The Labute approximate surface area is 421 Å². The average Bonchev–Trinajstić information content (AvgIpc) is 3.66. The van der Waals surface area contributed by atoms with Crippen LogP contribution >= 0.6 is 0 Å². The van der Waals surface area contributed by atoms with Gasteiger partial charge in [-0.25, -0.2) is 0 Å². The van der Waals surface area contributed by atoms with Crippen molar-refractivity contribution in [3.63, 3.8) is 0 Å². The normalized spacial score (nSPS) is 16.6. The molecular formula is C60H114O8. The van der Waals surface area contributed by atoms with Gasteiger partial charge in [0.2, 0.25) is 0 Å². The first-order valence-electron chi connectivity index (χ1n) is 29.8. The van der Waals surface area contributed by atoms with Crippen LogP contribution in [0.2, 0.25) is 0 Å². The van der Waals surface area contributed by atoms with E-state index in [4.69, 9.17) is 18.9 Å². The maximum absolute atomic E-state index is 13.2. The fraction of sp³-hybridized carbons (Fsp3) is 0.950. The van der Waals surface area contributed by atoms with Crippen molar-refractivity contribution in [3.8, 4) is 0 Å². The minimum atomic E-state index is -1.05. The largest absolute Gasteiger partial charge is 0.462 e. The standard InChI is InChI=1S/C60H114O8/c1-51(2)43-37-31-25-19-13-7-10-16-22-28-34-40-46-56(62)65-50-55(67-57(63)47-41-35-29-23-17-11-8-14-20-26-32-38-44-52(3)4)60-59(54(61)49-66-60)68-58(64)48-42-36-30-24-18-12-9-15-21-27-33-39-45-53(5)6/h51-55,59-61H,7-50H2,1-6H3/t54-,55+,59+,60+/m0/s1. The maximum Gasteiger partial charge on any atom is 0.306 e. The number of hydrogen-bond donors (Lipinski definition) is 1. The van der Waals surface area contributed by atoms with Crippen LogP contribution in [0.3, 0.4) is 0 Å². The molecule has 1 aliphatic heterocycles. The quantitative estimate of drug-likeness (QED) is 0.0365. The molecule has 1 heterocycles. The zero-order valence-corrected chi connectivity index (χ0v) is 46.0. The number of carbonyl (C=O) groups excluding carboxylic acids is 3. The highest BCUT2D eigenvalue weighted by molar-refractivity contribution is 5.71. The third kappa shape index (κ3) is 41.0. The summed E-state index contributed by atoms with van der Waals surface area (Å²) in [5.74, 6) is 1.36. The van der Waals surface area contributed by atoms with Crippen molar-refractivity contribution in [2.24, 2.45) is 17.8 Å². The highest BCUT2D eigenvalue weighted by atomic mass is 16.6. The van der Waals surface area contributed by atoms with Gasteiger partial charge in [0, 0.05) is 19.3 Å². The first-order chi connectivity index (χ1) is 33.0. The van der Waals surface area contributed by atoms with Gasteiger partial charge in [0.05, 0.1) is 6.61 Å². The lowest BCUT2D eigenvalue weighted by atomic mass is 10.0.